The van der Waals surface area contributed by atoms with Crippen LogP contribution in [-0.2, 0) is 0 Å². The van der Waals surface area contributed by atoms with Crippen molar-refractivity contribution in [3.05, 3.63) is 0 Å². The number of thioether (sulfide) groups is 1. The minimum atomic E-state index is 0.858. The highest BCUT2D eigenvalue weighted by atomic mass is 32.2. The SMILES string of the molecule is CN=C([NH2+]C1CC1)SC. The van der Waals surface area contributed by atoms with Gasteiger partial charge in [0.05, 0.1) is 6.04 Å². The van der Waals surface area contributed by atoms with Gasteiger partial charge in [0.25, 0.3) is 5.17 Å². The van der Waals surface area contributed by atoms with Crippen molar-refractivity contribution in [2.45, 2.75) is 18.9 Å². The second kappa shape index (κ2) is 3.22. The topological polar surface area (TPSA) is 29.0 Å². The van der Waals surface area contributed by atoms with Crippen LogP contribution in [0.5, 0.6) is 0 Å². The molecule has 0 atom stereocenters. The molecular formula is C6H13N2S+. The molecule has 3 heteroatoms. The molecule has 2 nitrogen and oxygen atoms in total. The molecule has 1 aliphatic rings. The Morgan fingerprint density at radius 3 is 2.67 bits per heavy atom. The predicted molar refractivity (Wildman–Crippen MR) is 41.8 cm³/mol. The molecule has 0 aromatic rings. The Hall–Kier alpha value is -0.0200. The molecule has 0 unspecified atom stereocenters. The van der Waals surface area contributed by atoms with Gasteiger partial charge < -0.3 is 0 Å². The van der Waals surface area contributed by atoms with E-state index in [4.69, 9.17) is 0 Å². The molecule has 1 rings (SSSR count). The van der Waals surface area contributed by atoms with Gasteiger partial charge in [0.1, 0.15) is 0 Å². The number of amidine groups is 1. The Labute approximate surface area is 60.1 Å². The molecule has 0 radical (unpaired) electrons. The van der Waals surface area contributed by atoms with Gasteiger partial charge in [-0.2, -0.15) is 0 Å². The van der Waals surface area contributed by atoms with Gasteiger partial charge in [0.15, 0.2) is 0 Å². The summed E-state index contributed by atoms with van der Waals surface area (Å²) >= 11 is 1.73. The monoisotopic (exact) mass is 145 g/mol. The Morgan fingerprint density at radius 2 is 2.33 bits per heavy atom. The molecule has 1 fully saturated rings. The second-order valence-corrected chi connectivity index (χ2v) is 3.10. The molecule has 0 heterocycles. The number of hydrogen-bond acceptors (Lipinski definition) is 2. The molecule has 9 heavy (non-hydrogen) atoms. The van der Waals surface area contributed by atoms with Crippen LogP contribution in [-0.4, -0.2) is 24.5 Å². The normalized spacial score (nSPS) is 20.4. The Bertz CT molecular complexity index is 118. The van der Waals surface area contributed by atoms with Crippen LogP contribution in [0.3, 0.4) is 0 Å². The van der Waals surface area contributed by atoms with Crippen molar-refractivity contribution < 1.29 is 5.32 Å². The first-order chi connectivity index (χ1) is 4.36. The van der Waals surface area contributed by atoms with E-state index >= 15 is 0 Å². The lowest BCUT2D eigenvalue weighted by Gasteiger charge is -1.95. The van der Waals surface area contributed by atoms with Crippen LogP contribution in [0.1, 0.15) is 12.8 Å². The minimum absolute atomic E-state index is 0.858. The second-order valence-electron chi connectivity index (χ2n) is 2.27. The van der Waals surface area contributed by atoms with Gasteiger partial charge in [-0.1, -0.05) is 11.8 Å². The van der Waals surface area contributed by atoms with Crippen molar-refractivity contribution in [3.63, 3.8) is 0 Å². The standard InChI is InChI=1S/C6H12N2S/c1-7-6(9-2)8-5-3-4-5/h5H,3-4H2,1-2H3,(H,7,8)/p+1. The highest BCUT2D eigenvalue weighted by Crippen LogP contribution is 2.13. The molecule has 0 amide bonds. The quantitative estimate of drug-likeness (QED) is 0.410. The number of nitrogens with two attached hydrogens (primary N) is 1. The number of hydrogen-bond donors (Lipinski definition) is 1. The number of aliphatic imine (C=N–C) groups is 1. The molecule has 0 saturated heterocycles. The molecule has 0 aliphatic heterocycles. The summed E-state index contributed by atoms with van der Waals surface area (Å²) in [5.41, 5.74) is 0. The van der Waals surface area contributed by atoms with Gasteiger partial charge in [0, 0.05) is 19.9 Å². The number of nitrogens with zero attached hydrogens (tertiary/aromatic N) is 1. The van der Waals surface area contributed by atoms with Gasteiger partial charge in [-0.3, -0.25) is 5.32 Å². The van der Waals surface area contributed by atoms with E-state index in [1.807, 2.05) is 7.05 Å². The molecule has 0 bridgehead atoms. The number of quaternary nitrogens is 1. The van der Waals surface area contributed by atoms with Crippen LogP contribution in [0, 0.1) is 0 Å². The van der Waals surface area contributed by atoms with Gasteiger partial charge in [-0.25, -0.2) is 4.99 Å². The zero-order chi connectivity index (χ0) is 6.69. The van der Waals surface area contributed by atoms with Gasteiger partial charge in [-0.15, -0.1) is 0 Å². The average molecular weight is 145 g/mol. The molecule has 1 saturated carbocycles. The smallest absolute Gasteiger partial charge is 0.255 e. The third kappa shape index (κ3) is 2.37. The van der Waals surface area contributed by atoms with Crippen LogP contribution in [0.15, 0.2) is 4.99 Å². The fourth-order valence-corrected chi connectivity index (χ4v) is 1.21. The molecule has 52 valence electrons. The first-order valence-corrected chi connectivity index (χ1v) is 4.45. The summed E-state index contributed by atoms with van der Waals surface area (Å²) in [5.74, 6) is 0. The van der Waals surface area contributed by atoms with Crippen molar-refractivity contribution in [1.82, 2.24) is 0 Å². The lowest BCUT2D eigenvalue weighted by Crippen LogP contribution is -2.88. The van der Waals surface area contributed by atoms with E-state index in [0.717, 1.165) is 6.04 Å². The third-order valence-corrected chi connectivity index (χ3v) is 2.17. The molecular weight excluding hydrogens is 132 g/mol. The highest BCUT2D eigenvalue weighted by molar-refractivity contribution is 8.12. The number of rotatable bonds is 1. The molecule has 1 aliphatic carbocycles. The van der Waals surface area contributed by atoms with Gasteiger partial charge in [-0.05, 0) is 6.26 Å². The predicted octanol–water partition coefficient (Wildman–Crippen LogP) is 0.0610. The molecule has 0 aromatic heterocycles. The Kier molecular flexibility index (Phi) is 2.54. The van der Waals surface area contributed by atoms with E-state index in [2.05, 4.69) is 16.6 Å². The minimum Gasteiger partial charge on any atom is -0.289 e. The summed E-state index contributed by atoms with van der Waals surface area (Å²) in [6.45, 7) is 0. The van der Waals surface area contributed by atoms with E-state index in [1.54, 1.807) is 11.8 Å². The van der Waals surface area contributed by atoms with E-state index < -0.39 is 0 Å². The van der Waals surface area contributed by atoms with Crippen molar-refractivity contribution in [2.24, 2.45) is 4.99 Å². The maximum Gasteiger partial charge on any atom is 0.255 e. The zero-order valence-corrected chi connectivity index (χ0v) is 6.74. The van der Waals surface area contributed by atoms with Crippen LogP contribution in [0.25, 0.3) is 0 Å². The maximum absolute atomic E-state index is 4.11. The van der Waals surface area contributed by atoms with E-state index in [-0.39, 0.29) is 0 Å². The van der Waals surface area contributed by atoms with Crippen LogP contribution in [0.2, 0.25) is 0 Å². The van der Waals surface area contributed by atoms with Gasteiger partial charge in [0.2, 0.25) is 0 Å². The van der Waals surface area contributed by atoms with Crippen molar-refractivity contribution >= 4 is 16.9 Å². The van der Waals surface area contributed by atoms with E-state index in [1.165, 1.54) is 18.0 Å². The summed E-state index contributed by atoms with van der Waals surface area (Å²) in [4.78, 5) is 4.11. The van der Waals surface area contributed by atoms with Crippen LogP contribution < -0.4 is 5.32 Å². The lowest BCUT2D eigenvalue weighted by molar-refractivity contribution is -0.549. The van der Waals surface area contributed by atoms with Crippen molar-refractivity contribution in [2.75, 3.05) is 13.3 Å². The molecule has 0 aromatic carbocycles. The Balaban J connectivity index is 2.21. The lowest BCUT2D eigenvalue weighted by atomic mass is 10.7. The third-order valence-electron chi connectivity index (χ3n) is 1.43. The summed E-state index contributed by atoms with van der Waals surface area (Å²) in [7, 11) is 1.85. The van der Waals surface area contributed by atoms with E-state index in [9.17, 15) is 0 Å². The molecule has 2 N–H and O–H groups in total. The summed E-state index contributed by atoms with van der Waals surface area (Å²) in [6.07, 6.45) is 4.82. The fourth-order valence-electron chi connectivity index (χ4n) is 0.698. The zero-order valence-electron chi connectivity index (χ0n) is 5.92. The van der Waals surface area contributed by atoms with Crippen molar-refractivity contribution in [1.29, 1.82) is 0 Å². The Morgan fingerprint density at radius 1 is 1.67 bits per heavy atom. The molecule has 0 spiro atoms. The van der Waals surface area contributed by atoms with Gasteiger partial charge >= 0.3 is 0 Å². The maximum atomic E-state index is 4.11. The van der Waals surface area contributed by atoms with Crippen molar-refractivity contribution in [3.8, 4) is 0 Å². The first kappa shape index (κ1) is 7.09. The fraction of sp³-hybridized carbons (Fsp3) is 0.833. The first-order valence-electron chi connectivity index (χ1n) is 3.22. The van der Waals surface area contributed by atoms with Crippen LogP contribution in [0.4, 0.5) is 0 Å². The largest absolute Gasteiger partial charge is 0.289 e. The van der Waals surface area contributed by atoms with Crippen LogP contribution >= 0.6 is 11.8 Å². The summed E-state index contributed by atoms with van der Waals surface area (Å²) < 4.78 is 0. The summed E-state index contributed by atoms with van der Waals surface area (Å²) in [5, 5.41) is 3.46. The van der Waals surface area contributed by atoms with E-state index in [0.29, 0.717) is 0 Å². The highest BCUT2D eigenvalue weighted by Gasteiger charge is 2.26. The average Bonchev–Trinajstić information content (AvgIpc) is 2.66. The summed E-state index contributed by atoms with van der Waals surface area (Å²) in [6, 6.07) is 0.858.